The van der Waals surface area contributed by atoms with Crippen molar-refractivity contribution in [3.8, 4) is 0 Å². The molecular weight excluding hydrogens is 190 g/mol. The fourth-order valence-electron chi connectivity index (χ4n) is 1.96. The second-order valence-electron chi connectivity index (χ2n) is 4.30. The van der Waals surface area contributed by atoms with Gasteiger partial charge in [-0.2, -0.15) is 5.10 Å². The van der Waals surface area contributed by atoms with Crippen LogP contribution in [0.3, 0.4) is 0 Å². The van der Waals surface area contributed by atoms with Crippen molar-refractivity contribution in [2.45, 2.75) is 32.6 Å². The number of H-pyrrole nitrogens is 1. The Balaban J connectivity index is 2.43. The first-order valence-corrected chi connectivity index (χ1v) is 5.26. The highest BCUT2D eigenvalue weighted by Gasteiger charge is 2.27. The summed E-state index contributed by atoms with van der Waals surface area (Å²) in [4.78, 5) is 14.3. The van der Waals surface area contributed by atoms with Crippen LogP contribution in [0.25, 0.3) is 5.65 Å². The van der Waals surface area contributed by atoms with E-state index in [4.69, 9.17) is 0 Å². The first kappa shape index (κ1) is 8.71. The molecule has 15 heavy (non-hydrogen) atoms. The molecule has 0 aliphatic heterocycles. The minimum Gasteiger partial charge on any atom is -0.307 e. The molecule has 0 atom stereocenters. The second-order valence-corrected chi connectivity index (χ2v) is 4.30. The Hall–Kier alpha value is -1.58. The Labute approximate surface area is 86.9 Å². The maximum atomic E-state index is 11.5. The number of aromatic amines is 1. The van der Waals surface area contributed by atoms with Gasteiger partial charge in [-0.15, -0.1) is 0 Å². The summed E-state index contributed by atoms with van der Waals surface area (Å²) in [6, 6.07) is 1.68. The van der Waals surface area contributed by atoms with Crippen molar-refractivity contribution in [3.05, 3.63) is 33.4 Å². The van der Waals surface area contributed by atoms with Crippen LogP contribution in [0, 0.1) is 13.8 Å². The van der Waals surface area contributed by atoms with Crippen molar-refractivity contribution >= 4 is 5.65 Å². The lowest BCUT2D eigenvalue weighted by Gasteiger charge is -2.01. The van der Waals surface area contributed by atoms with E-state index < -0.39 is 0 Å². The van der Waals surface area contributed by atoms with E-state index in [1.807, 2.05) is 18.4 Å². The van der Waals surface area contributed by atoms with E-state index >= 15 is 0 Å². The molecule has 0 radical (unpaired) electrons. The van der Waals surface area contributed by atoms with E-state index in [2.05, 4.69) is 10.1 Å². The minimum atomic E-state index is -0.0209. The number of fused-ring (bicyclic) bond motifs is 1. The van der Waals surface area contributed by atoms with E-state index in [1.165, 1.54) is 12.8 Å². The molecule has 1 aliphatic rings. The minimum absolute atomic E-state index is 0.0209. The van der Waals surface area contributed by atoms with Gasteiger partial charge in [-0.1, -0.05) is 0 Å². The van der Waals surface area contributed by atoms with Crippen molar-refractivity contribution in [1.29, 1.82) is 0 Å². The van der Waals surface area contributed by atoms with Crippen molar-refractivity contribution < 1.29 is 0 Å². The summed E-state index contributed by atoms with van der Waals surface area (Å²) in [7, 11) is 0. The molecule has 0 unspecified atom stereocenters. The highest BCUT2D eigenvalue weighted by atomic mass is 16.1. The van der Waals surface area contributed by atoms with Crippen molar-refractivity contribution in [2.24, 2.45) is 0 Å². The standard InChI is InChI=1S/C11H13N3O/c1-6-7(2)13-14-9(8-3-4-8)5-10(15)12-11(6)14/h5,8H,3-4H2,1-2H3,(H,12,15). The zero-order valence-corrected chi connectivity index (χ0v) is 8.87. The van der Waals surface area contributed by atoms with Gasteiger partial charge >= 0.3 is 0 Å². The third-order valence-corrected chi connectivity index (χ3v) is 3.12. The van der Waals surface area contributed by atoms with E-state index in [9.17, 15) is 4.79 Å². The summed E-state index contributed by atoms with van der Waals surface area (Å²) in [5, 5.41) is 4.46. The summed E-state index contributed by atoms with van der Waals surface area (Å²) in [5.41, 5.74) is 3.94. The predicted molar refractivity (Wildman–Crippen MR) is 57.3 cm³/mol. The molecule has 1 aliphatic carbocycles. The maximum absolute atomic E-state index is 11.5. The molecule has 0 saturated heterocycles. The molecule has 1 N–H and O–H groups in total. The van der Waals surface area contributed by atoms with Crippen molar-refractivity contribution in [2.75, 3.05) is 0 Å². The Morgan fingerprint density at radius 3 is 2.87 bits per heavy atom. The molecule has 78 valence electrons. The van der Waals surface area contributed by atoms with E-state index in [1.54, 1.807) is 6.07 Å². The Morgan fingerprint density at radius 1 is 1.47 bits per heavy atom. The number of hydrogen-bond acceptors (Lipinski definition) is 2. The van der Waals surface area contributed by atoms with Crippen LogP contribution in [-0.4, -0.2) is 14.6 Å². The molecule has 2 heterocycles. The number of nitrogens with one attached hydrogen (secondary N) is 1. The van der Waals surface area contributed by atoms with Gasteiger partial charge in [0.1, 0.15) is 5.65 Å². The molecule has 4 heteroatoms. The number of rotatable bonds is 1. The molecule has 2 aromatic rings. The van der Waals surface area contributed by atoms with Gasteiger partial charge in [0, 0.05) is 17.5 Å². The van der Waals surface area contributed by atoms with Gasteiger partial charge in [0.15, 0.2) is 0 Å². The molecule has 4 nitrogen and oxygen atoms in total. The predicted octanol–water partition coefficient (Wildman–Crippen LogP) is 1.52. The van der Waals surface area contributed by atoms with Crippen LogP contribution in [0.5, 0.6) is 0 Å². The van der Waals surface area contributed by atoms with E-state index in [-0.39, 0.29) is 5.56 Å². The number of hydrogen-bond donors (Lipinski definition) is 1. The van der Waals surface area contributed by atoms with Gasteiger partial charge in [-0.05, 0) is 26.7 Å². The number of aryl methyl sites for hydroxylation is 2. The summed E-state index contributed by atoms with van der Waals surface area (Å²) < 4.78 is 1.89. The first-order valence-electron chi connectivity index (χ1n) is 5.26. The Bertz CT molecular complexity index is 590. The molecule has 0 spiro atoms. The third-order valence-electron chi connectivity index (χ3n) is 3.12. The quantitative estimate of drug-likeness (QED) is 0.763. The molecule has 0 aromatic carbocycles. The van der Waals surface area contributed by atoms with Gasteiger partial charge in [-0.25, -0.2) is 4.52 Å². The molecule has 2 aromatic heterocycles. The summed E-state index contributed by atoms with van der Waals surface area (Å²) in [6.07, 6.45) is 2.35. The van der Waals surface area contributed by atoms with Gasteiger partial charge in [-0.3, -0.25) is 4.79 Å². The Kier molecular flexibility index (Phi) is 1.58. The lowest BCUT2D eigenvalue weighted by atomic mass is 10.2. The van der Waals surface area contributed by atoms with Crippen LogP contribution < -0.4 is 5.56 Å². The monoisotopic (exact) mass is 203 g/mol. The van der Waals surface area contributed by atoms with Crippen LogP contribution in [0.2, 0.25) is 0 Å². The lowest BCUT2D eigenvalue weighted by molar-refractivity contribution is 0.824. The highest BCUT2D eigenvalue weighted by molar-refractivity contribution is 5.49. The van der Waals surface area contributed by atoms with Crippen LogP contribution in [0.1, 0.15) is 35.7 Å². The smallest absolute Gasteiger partial charge is 0.251 e. The molecule has 1 saturated carbocycles. The molecule has 0 amide bonds. The van der Waals surface area contributed by atoms with Crippen molar-refractivity contribution in [3.63, 3.8) is 0 Å². The zero-order valence-electron chi connectivity index (χ0n) is 8.87. The second kappa shape index (κ2) is 2.72. The van der Waals surface area contributed by atoms with Gasteiger partial charge in [0.05, 0.1) is 11.4 Å². The van der Waals surface area contributed by atoms with E-state index in [0.29, 0.717) is 5.92 Å². The molecular formula is C11H13N3O. The van der Waals surface area contributed by atoms with Crippen LogP contribution in [-0.2, 0) is 0 Å². The summed E-state index contributed by atoms with van der Waals surface area (Å²) in [6.45, 7) is 3.96. The lowest BCUT2D eigenvalue weighted by Crippen LogP contribution is -2.11. The van der Waals surface area contributed by atoms with Crippen LogP contribution >= 0.6 is 0 Å². The molecule has 1 fully saturated rings. The van der Waals surface area contributed by atoms with Gasteiger partial charge < -0.3 is 4.98 Å². The average Bonchev–Trinajstić information content (AvgIpc) is 2.98. The number of aromatic nitrogens is 3. The van der Waals surface area contributed by atoms with E-state index in [0.717, 1.165) is 22.6 Å². The average molecular weight is 203 g/mol. The normalized spacial score (nSPS) is 16.1. The fraction of sp³-hybridized carbons (Fsp3) is 0.455. The number of nitrogens with zero attached hydrogens (tertiary/aromatic N) is 2. The third kappa shape index (κ3) is 1.21. The molecule has 3 rings (SSSR count). The fourth-order valence-corrected chi connectivity index (χ4v) is 1.96. The topological polar surface area (TPSA) is 50.2 Å². The first-order chi connectivity index (χ1) is 7.16. The highest BCUT2D eigenvalue weighted by Crippen LogP contribution is 2.39. The van der Waals surface area contributed by atoms with Crippen molar-refractivity contribution in [1.82, 2.24) is 14.6 Å². The van der Waals surface area contributed by atoms with Gasteiger partial charge in [0.25, 0.3) is 5.56 Å². The molecule has 0 bridgehead atoms. The zero-order chi connectivity index (χ0) is 10.6. The van der Waals surface area contributed by atoms with Crippen LogP contribution in [0.4, 0.5) is 0 Å². The summed E-state index contributed by atoms with van der Waals surface area (Å²) >= 11 is 0. The summed E-state index contributed by atoms with van der Waals surface area (Å²) in [5.74, 6) is 0.536. The Morgan fingerprint density at radius 2 is 2.20 bits per heavy atom. The van der Waals surface area contributed by atoms with Gasteiger partial charge in [0.2, 0.25) is 0 Å². The maximum Gasteiger partial charge on any atom is 0.251 e. The largest absolute Gasteiger partial charge is 0.307 e. The van der Waals surface area contributed by atoms with Crippen LogP contribution in [0.15, 0.2) is 10.9 Å². The SMILES string of the molecule is Cc1nn2c(C3CC3)cc(=O)[nH]c2c1C.